The number of aromatic nitrogens is 4. The fourth-order valence-corrected chi connectivity index (χ4v) is 4.74. The predicted molar refractivity (Wildman–Crippen MR) is 121 cm³/mol. The van der Waals surface area contributed by atoms with Gasteiger partial charge in [-0.25, -0.2) is 0 Å². The quantitative estimate of drug-likeness (QED) is 0.567. The largest absolute Gasteiger partial charge is 0.372 e. The number of carbonyl (C=O) groups is 1. The zero-order valence-corrected chi connectivity index (χ0v) is 19.1. The number of carbonyl (C=O) groups excluding carboxylic acids is 1. The Balaban J connectivity index is 1.63. The molecule has 31 heavy (non-hydrogen) atoms. The van der Waals surface area contributed by atoms with Gasteiger partial charge in [-0.15, -0.1) is 10.2 Å². The Kier molecular flexibility index (Phi) is 6.38. The van der Waals surface area contributed by atoms with Crippen molar-refractivity contribution < 1.29 is 9.53 Å². The zero-order chi connectivity index (χ0) is 22.0. The van der Waals surface area contributed by atoms with Crippen molar-refractivity contribution in [3.63, 3.8) is 0 Å². The number of hydrogen-bond acceptors (Lipinski definition) is 6. The van der Waals surface area contributed by atoms with Crippen molar-refractivity contribution in [1.82, 2.24) is 24.6 Å². The lowest BCUT2D eigenvalue weighted by Crippen LogP contribution is -2.48. The molecule has 4 rings (SSSR count). The van der Waals surface area contributed by atoms with E-state index < -0.39 is 0 Å². The van der Waals surface area contributed by atoms with Gasteiger partial charge in [0.15, 0.2) is 11.0 Å². The average Bonchev–Trinajstić information content (AvgIpc) is 3.15. The van der Waals surface area contributed by atoms with E-state index in [1.165, 1.54) is 17.3 Å². The first-order chi connectivity index (χ1) is 14.9. The predicted octanol–water partition coefficient (Wildman–Crippen LogP) is 3.67. The summed E-state index contributed by atoms with van der Waals surface area (Å²) in [5.41, 5.74) is 4.03. The number of benzene rings is 1. The lowest BCUT2D eigenvalue weighted by atomic mass is 10.1. The Hall–Kier alpha value is -2.71. The number of hydrogen-bond donors (Lipinski definition) is 0. The van der Waals surface area contributed by atoms with Gasteiger partial charge in [0.05, 0.1) is 23.6 Å². The number of amides is 1. The molecule has 1 aliphatic heterocycles. The van der Waals surface area contributed by atoms with Gasteiger partial charge in [0.25, 0.3) is 0 Å². The monoisotopic (exact) mass is 437 g/mol. The maximum atomic E-state index is 12.9. The van der Waals surface area contributed by atoms with Crippen LogP contribution in [0.15, 0.2) is 47.8 Å². The molecular formula is C23H27N5O2S. The van der Waals surface area contributed by atoms with Crippen LogP contribution in [-0.4, -0.2) is 61.6 Å². The van der Waals surface area contributed by atoms with Crippen LogP contribution in [0.2, 0.25) is 0 Å². The van der Waals surface area contributed by atoms with Gasteiger partial charge in [0, 0.05) is 19.3 Å². The Labute approximate surface area is 186 Å². The summed E-state index contributed by atoms with van der Waals surface area (Å²) in [6.45, 7) is 9.37. The molecule has 1 aliphatic rings. The van der Waals surface area contributed by atoms with E-state index in [2.05, 4.69) is 47.2 Å². The van der Waals surface area contributed by atoms with Gasteiger partial charge >= 0.3 is 0 Å². The van der Waals surface area contributed by atoms with Crippen LogP contribution in [-0.2, 0) is 9.53 Å². The number of nitrogens with zero attached hydrogens (tertiary/aromatic N) is 5. The molecule has 1 saturated heterocycles. The van der Waals surface area contributed by atoms with Crippen molar-refractivity contribution in [3.8, 4) is 17.2 Å². The maximum Gasteiger partial charge on any atom is 0.233 e. The highest BCUT2D eigenvalue weighted by molar-refractivity contribution is 7.99. The molecule has 2 atom stereocenters. The first-order valence-corrected chi connectivity index (χ1v) is 11.4. The third kappa shape index (κ3) is 4.80. The number of aryl methyl sites for hydroxylation is 2. The molecular weight excluding hydrogens is 410 g/mol. The van der Waals surface area contributed by atoms with E-state index in [0.29, 0.717) is 29.8 Å². The molecule has 1 amide bonds. The molecule has 0 spiro atoms. The summed E-state index contributed by atoms with van der Waals surface area (Å²) < 4.78 is 7.75. The first-order valence-electron chi connectivity index (χ1n) is 10.4. The Morgan fingerprint density at radius 1 is 1.13 bits per heavy atom. The highest BCUT2D eigenvalue weighted by atomic mass is 32.2. The number of thioether (sulfide) groups is 1. The summed E-state index contributed by atoms with van der Waals surface area (Å²) in [6, 6.07) is 12.0. The number of pyridine rings is 1. The second kappa shape index (κ2) is 9.20. The van der Waals surface area contributed by atoms with Gasteiger partial charge in [-0.1, -0.05) is 35.5 Å². The topological polar surface area (TPSA) is 73.1 Å². The fourth-order valence-electron chi connectivity index (χ4n) is 3.90. The zero-order valence-electron chi connectivity index (χ0n) is 18.3. The molecule has 0 N–H and O–H groups in total. The van der Waals surface area contributed by atoms with E-state index in [0.717, 1.165) is 16.9 Å². The summed E-state index contributed by atoms with van der Waals surface area (Å²) in [6.07, 6.45) is 1.84. The first kappa shape index (κ1) is 21.5. The molecule has 1 fully saturated rings. The molecule has 0 radical (unpaired) electrons. The van der Waals surface area contributed by atoms with Crippen LogP contribution in [0.4, 0.5) is 0 Å². The van der Waals surface area contributed by atoms with Crippen molar-refractivity contribution in [1.29, 1.82) is 0 Å². The van der Waals surface area contributed by atoms with Gasteiger partial charge in [-0.2, -0.15) is 0 Å². The molecule has 3 heterocycles. The molecule has 7 nitrogen and oxygen atoms in total. The van der Waals surface area contributed by atoms with Crippen LogP contribution in [0.5, 0.6) is 0 Å². The lowest BCUT2D eigenvalue weighted by molar-refractivity contribution is -0.140. The summed E-state index contributed by atoms with van der Waals surface area (Å²) in [4.78, 5) is 19.2. The number of ether oxygens (including phenoxy) is 1. The summed E-state index contributed by atoms with van der Waals surface area (Å²) in [7, 11) is 0. The molecule has 2 aromatic heterocycles. The Bertz CT molecular complexity index is 1060. The van der Waals surface area contributed by atoms with Crippen molar-refractivity contribution in [3.05, 3.63) is 53.7 Å². The Morgan fingerprint density at radius 2 is 1.90 bits per heavy atom. The summed E-state index contributed by atoms with van der Waals surface area (Å²) >= 11 is 1.40. The standard InChI is InChI=1S/C23H27N5O2S/c1-15-8-9-20(16(2)11-15)28-22(19-7-5-6-10-24-19)25-26-23(28)31-14-21(29)27-12-17(3)30-18(4)13-27/h5-11,17-18H,12-14H2,1-4H3. The molecule has 2 unspecified atom stereocenters. The molecule has 0 saturated carbocycles. The second-order valence-corrected chi connectivity index (χ2v) is 8.93. The lowest BCUT2D eigenvalue weighted by Gasteiger charge is -2.35. The number of rotatable bonds is 5. The van der Waals surface area contributed by atoms with Gasteiger partial charge in [0.2, 0.25) is 5.91 Å². The number of morpholine rings is 1. The highest BCUT2D eigenvalue weighted by Gasteiger charge is 2.27. The highest BCUT2D eigenvalue weighted by Crippen LogP contribution is 2.29. The maximum absolute atomic E-state index is 12.9. The minimum atomic E-state index is 0.0484. The van der Waals surface area contributed by atoms with Gasteiger partial charge < -0.3 is 9.64 Å². The summed E-state index contributed by atoms with van der Waals surface area (Å²) in [5, 5.41) is 9.52. The minimum Gasteiger partial charge on any atom is -0.372 e. The normalized spacial score (nSPS) is 18.9. The van der Waals surface area contributed by atoms with E-state index in [-0.39, 0.29) is 18.1 Å². The van der Waals surface area contributed by atoms with E-state index in [4.69, 9.17) is 4.74 Å². The van der Waals surface area contributed by atoms with Crippen LogP contribution in [0.3, 0.4) is 0 Å². The van der Waals surface area contributed by atoms with E-state index in [9.17, 15) is 4.79 Å². The van der Waals surface area contributed by atoms with Gasteiger partial charge in [0.1, 0.15) is 5.69 Å². The van der Waals surface area contributed by atoms with E-state index in [1.807, 2.05) is 41.5 Å². The van der Waals surface area contributed by atoms with E-state index >= 15 is 0 Å². The molecule has 8 heteroatoms. The van der Waals surface area contributed by atoms with Crippen LogP contribution in [0.25, 0.3) is 17.2 Å². The van der Waals surface area contributed by atoms with Gasteiger partial charge in [-0.3, -0.25) is 14.3 Å². The van der Waals surface area contributed by atoms with Crippen LogP contribution >= 0.6 is 11.8 Å². The van der Waals surface area contributed by atoms with Crippen LogP contribution < -0.4 is 0 Å². The van der Waals surface area contributed by atoms with Crippen molar-refractivity contribution in [2.24, 2.45) is 0 Å². The third-order valence-electron chi connectivity index (χ3n) is 5.22. The third-order valence-corrected chi connectivity index (χ3v) is 6.13. The minimum absolute atomic E-state index is 0.0484. The van der Waals surface area contributed by atoms with Crippen LogP contribution in [0, 0.1) is 13.8 Å². The summed E-state index contributed by atoms with van der Waals surface area (Å²) in [5.74, 6) is 1.04. The molecule has 0 aliphatic carbocycles. The second-order valence-electron chi connectivity index (χ2n) is 7.99. The molecule has 0 bridgehead atoms. The average molecular weight is 438 g/mol. The smallest absolute Gasteiger partial charge is 0.233 e. The van der Waals surface area contributed by atoms with Crippen molar-refractivity contribution >= 4 is 17.7 Å². The SMILES string of the molecule is Cc1ccc(-n2c(SCC(=O)N3CC(C)OC(C)C3)nnc2-c2ccccn2)c(C)c1. The molecule has 3 aromatic rings. The van der Waals surface area contributed by atoms with Crippen LogP contribution in [0.1, 0.15) is 25.0 Å². The van der Waals surface area contributed by atoms with Crippen molar-refractivity contribution in [2.45, 2.75) is 45.1 Å². The fraction of sp³-hybridized carbons (Fsp3) is 0.391. The van der Waals surface area contributed by atoms with Crippen molar-refractivity contribution in [2.75, 3.05) is 18.8 Å². The van der Waals surface area contributed by atoms with Gasteiger partial charge in [-0.05, 0) is 51.5 Å². The molecule has 1 aromatic carbocycles. The Morgan fingerprint density at radius 3 is 2.58 bits per heavy atom. The van der Waals surface area contributed by atoms with E-state index in [1.54, 1.807) is 6.20 Å². The molecule has 162 valence electrons.